The lowest BCUT2D eigenvalue weighted by molar-refractivity contribution is -0.147. The first-order valence-electron chi connectivity index (χ1n) is 10.1. The van der Waals surface area contributed by atoms with E-state index in [1.165, 1.54) is 0 Å². The first kappa shape index (κ1) is 21.1. The van der Waals surface area contributed by atoms with Crippen LogP contribution in [0.1, 0.15) is 64.7 Å². The Hall–Kier alpha value is -1.17. The zero-order valence-electron chi connectivity index (χ0n) is 15.9. The molecule has 0 spiro atoms. The molecule has 0 saturated carbocycles. The molecule has 2 heterocycles. The first-order valence-corrected chi connectivity index (χ1v) is 10.1. The van der Waals surface area contributed by atoms with E-state index >= 15 is 0 Å². The normalized spacial score (nSPS) is 29.6. The van der Waals surface area contributed by atoms with Crippen molar-refractivity contribution in [2.24, 2.45) is 11.8 Å². The predicted molar refractivity (Wildman–Crippen MR) is 101 cm³/mol. The topological polar surface area (TPSA) is 76.0 Å². The average molecular weight is 366 g/mol. The Morgan fingerprint density at radius 2 is 2.12 bits per heavy atom. The summed E-state index contributed by atoms with van der Waals surface area (Å²) < 4.78 is 11.7. The van der Waals surface area contributed by atoms with E-state index in [2.05, 4.69) is 19.1 Å². The zero-order valence-corrected chi connectivity index (χ0v) is 15.9. The fourth-order valence-corrected chi connectivity index (χ4v) is 3.75. The van der Waals surface area contributed by atoms with E-state index in [4.69, 9.17) is 14.6 Å². The third-order valence-electron chi connectivity index (χ3n) is 5.29. The molecule has 0 radical (unpaired) electrons. The summed E-state index contributed by atoms with van der Waals surface area (Å²) in [6.07, 6.45) is 15.3. The summed E-state index contributed by atoms with van der Waals surface area (Å²) in [4.78, 5) is 10.5. The van der Waals surface area contributed by atoms with Gasteiger partial charge in [0.15, 0.2) is 6.29 Å². The molecule has 3 unspecified atom stereocenters. The molecule has 2 aliphatic heterocycles. The van der Waals surface area contributed by atoms with Crippen LogP contribution in [0.25, 0.3) is 0 Å². The van der Waals surface area contributed by atoms with Gasteiger partial charge in [-0.2, -0.15) is 0 Å². The Morgan fingerprint density at radius 3 is 2.88 bits per heavy atom. The first-order chi connectivity index (χ1) is 12.6. The molecule has 2 rings (SSSR count). The van der Waals surface area contributed by atoms with Gasteiger partial charge >= 0.3 is 5.97 Å². The maximum Gasteiger partial charge on any atom is 0.303 e. The van der Waals surface area contributed by atoms with E-state index in [0.717, 1.165) is 51.6 Å². The molecule has 5 heteroatoms. The number of carboxylic acids is 1. The predicted octanol–water partition coefficient (Wildman–Crippen LogP) is 4.06. The van der Waals surface area contributed by atoms with E-state index < -0.39 is 12.1 Å². The number of hydrogen-bond donors (Lipinski definition) is 2. The van der Waals surface area contributed by atoms with E-state index in [1.54, 1.807) is 0 Å². The molecule has 0 aromatic heterocycles. The SMILES string of the molecule is CCCCCC(O)/C=C/C1O[C@H]2CC(CO2)[C@@H]1C/C=C\CCCC(=O)O. The van der Waals surface area contributed by atoms with Crippen molar-refractivity contribution >= 4 is 5.97 Å². The summed E-state index contributed by atoms with van der Waals surface area (Å²) in [7, 11) is 0. The van der Waals surface area contributed by atoms with Gasteiger partial charge in [0.2, 0.25) is 0 Å². The van der Waals surface area contributed by atoms with Gasteiger partial charge < -0.3 is 19.7 Å². The summed E-state index contributed by atoms with van der Waals surface area (Å²) >= 11 is 0. The van der Waals surface area contributed by atoms with Crippen LogP contribution in [-0.2, 0) is 14.3 Å². The fraction of sp³-hybridized carbons (Fsp3) is 0.762. The van der Waals surface area contributed by atoms with Gasteiger partial charge in [-0.05, 0) is 37.5 Å². The fourth-order valence-electron chi connectivity index (χ4n) is 3.75. The molecule has 0 aliphatic carbocycles. The minimum absolute atomic E-state index is 0.0225. The molecular formula is C21H34O5. The molecule has 5 nitrogen and oxygen atoms in total. The molecule has 2 N–H and O–H groups in total. The van der Waals surface area contributed by atoms with Crippen LogP contribution in [0.15, 0.2) is 24.3 Å². The number of hydrogen-bond acceptors (Lipinski definition) is 4. The third kappa shape index (κ3) is 7.22. The van der Waals surface area contributed by atoms with E-state index in [0.29, 0.717) is 18.3 Å². The maximum atomic E-state index is 10.5. The van der Waals surface area contributed by atoms with Crippen LogP contribution in [-0.4, -0.2) is 41.3 Å². The molecule has 2 aliphatic rings. The Balaban J connectivity index is 1.82. The van der Waals surface area contributed by atoms with Gasteiger partial charge in [0.1, 0.15) is 0 Å². The largest absolute Gasteiger partial charge is 0.481 e. The summed E-state index contributed by atoms with van der Waals surface area (Å²) in [6.45, 7) is 2.90. The van der Waals surface area contributed by atoms with Crippen LogP contribution in [0.4, 0.5) is 0 Å². The van der Waals surface area contributed by atoms with Crippen molar-refractivity contribution in [3.8, 4) is 0 Å². The molecule has 2 bridgehead atoms. The minimum Gasteiger partial charge on any atom is -0.481 e. The molecule has 2 fully saturated rings. The van der Waals surface area contributed by atoms with Gasteiger partial charge in [0.25, 0.3) is 0 Å². The lowest BCUT2D eigenvalue weighted by Gasteiger charge is -2.33. The second-order valence-electron chi connectivity index (χ2n) is 7.46. The highest BCUT2D eigenvalue weighted by atomic mass is 16.7. The Labute approximate surface area is 157 Å². The van der Waals surface area contributed by atoms with Gasteiger partial charge in [-0.25, -0.2) is 0 Å². The number of fused-ring (bicyclic) bond motifs is 2. The lowest BCUT2D eigenvalue weighted by Crippen LogP contribution is -2.35. The van der Waals surface area contributed by atoms with Crippen LogP contribution in [0.2, 0.25) is 0 Å². The van der Waals surface area contributed by atoms with Crippen molar-refractivity contribution in [3.05, 3.63) is 24.3 Å². The number of allylic oxidation sites excluding steroid dienone is 2. The number of ether oxygens (including phenoxy) is 2. The molecule has 2 saturated heterocycles. The van der Waals surface area contributed by atoms with Crippen LogP contribution in [0, 0.1) is 11.8 Å². The second kappa shape index (κ2) is 11.5. The van der Waals surface area contributed by atoms with Gasteiger partial charge in [-0.15, -0.1) is 0 Å². The molecule has 26 heavy (non-hydrogen) atoms. The van der Waals surface area contributed by atoms with E-state index in [1.807, 2.05) is 12.2 Å². The number of aliphatic hydroxyl groups excluding tert-OH is 1. The summed E-state index contributed by atoms with van der Waals surface area (Å²) in [5, 5.41) is 18.8. The number of carboxylic acid groups (broad SMARTS) is 1. The standard InChI is InChI=1S/C21H34O5/c1-2-3-6-9-17(22)12-13-19-18(16-14-21(26-19)25-15-16)10-7-4-5-8-11-20(23)24/h4,7,12-13,16-19,21-22H,2-3,5-6,8-11,14-15H2,1H3,(H,23,24)/b7-4-,13-12+/t16?,17?,18-,19?,21-/m0/s1. The lowest BCUT2D eigenvalue weighted by atomic mass is 9.81. The van der Waals surface area contributed by atoms with Crippen molar-refractivity contribution in [1.82, 2.24) is 0 Å². The average Bonchev–Trinajstić information content (AvgIpc) is 3.00. The Kier molecular flexibility index (Phi) is 9.37. The Morgan fingerprint density at radius 1 is 1.27 bits per heavy atom. The quantitative estimate of drug-likeness (QED) is 0.402. The van der Waals surface area contributed by atoms with Crippen molar-refractivity contribution in [2.45, 2.75) is 83.2 Å². The number of carbonyl (C=O) groups is 1. The number of aliphatic hydroxyl groups is 1. The molecule has 5 atom stereocenters. The highest BCUT2D eigenvalue weighted by molar-refractivity contribution is 5.66. The van der Waals surface area contributed by atoms with Crippen LogP contribution < -0.4 is 0 Å². The van der Waals surface area contributed by atoms with Gasteiger partial charge in [0.05, 0.1) is 18.8 Å². The molecule has 0 aromatic carbocycles. The summed E-state index contributed by atoms with van der Waals surface area (Å²) in [5.41, 5.74) is 0. The van der Waals surface area contributed by atoms with Crippen LogP contribution in [0.5, 0.6) is 0 Å². The van der Waals surface area contributed by atoms with Crippen molar-refractivity contribution in [2.75, 3.05) is 6.61 Å². The van der Waals surface area contributed by atoms with Crippen LogP contribution >= 0.6 is 0 Å². The smallest absolute Gasteiger partial charge is 0.303 e. The summed E-state index contributed by atoms with van der Waals surface area (Å²) in [6, 6.07) is 0. The van der Waals surface area contributed by atoms with E-state index in [9.17, 15) is 9.90 Å². The van der Waals surface area contributed by atoms with Gasteiger partial charge in [0, 0.05) is 12.8 Å². The van der Waals surface area contributed by atoms with Gasteiger partial charge in [-0.3, -0.25) is 4.79 Å². The second-order valence-corrected chi connectivity index (χ2v) is 7.46. The van der Waals surface area contributed by atoms with Crippen molar-refractivity contribution in [3.63, 3.8) is 0 Å². The third-order valence-corrected chi connectivity index (χ3v) is 5.29. The van der Waals surface area contributed by atoms with E-state index in [-0.39, 0.29) is 18.8 Å². The molecule has 0 amide bonds. The zero-order chi connectivity index (χ0) is 18.8. The highest BCUT2D eigenvalue weighted by Gasteiger charge is 2.42. The summed E-state index contributed by atoms with van der Waals surface area (Å²) in [5.74, 6) is 0.101. The Bertz CT molecular complexity index is 473. The number of aliphatic carboxylic acids is 1. The molecule has 0 aromatic rings. The van der Waals surface area contributed by atoms with Crippen LogP contribution in [0.3, 0.4) is 0 Å². The number of rotatable bonds is 12. The monoisotopic (exact) mass is 366 g/mol. The van der Waals surface area contributed by atoms with Crippen molar-refractivity contribution in [1.29, 1.82) is 0 Å². The van der Waals surface area contributed by atoms with Gasteiger partial charge in [-0.1, -0.05) is 50.5 Å². The molecular weight excluding hydrogens is 332 g/mol. The maximum absolute atomic E-state index is 10.5. The number of unbranched alkanes of at least 4 members (excludes halogenated alkanes) is 3. The minimum atomic E-state index is -0.740. The van der Waals surface area contributed by atoms with Crippen molar-refractivity contribution < 1.29 is 24.5 Å². The highest BCUT2D eigenvalue weighted by Crippen LogP contribution is 2.39. The molecule has 148 valence electrons.